The highest BCUT2D eigenvalue weighted by atomic mass is 35.5. The number of esters is 2. The summed E-state index contributed by atoms with van der Waals surface area (Å²) in [5.41, 5.74) is -3.86. The Bertz CT molecular complexity index is 2820. The number of hydrogen-bond acceptors (Lipinski definition) is 11. The van der Waals surface area contributed by atoms with Gasteiger partial charge in [0.2, 0.25) is 0 Å². The molecule has 68 heavy (non-hydrogen) atoms. The molecule has 2 aliphatic heterocycles. The molecule has 6 rings (SSSR count). The maximum Gasteiger partial charge on any atom is 0.417 e. The molecule has 4 aromatic rings. The highest BCUT2D eigenvalue weighted by Gasteiger charge is 2.38. The molecule has 0 spiro atoms. The van der Waals surface area contributed by atoms with E-state index in [0.717, 1.165) is 61.9 Å². The number of carbonyl (C=O) groups is 4. The molecule has 0 saturated carbocycles. The van der Waals surface area contributed by atoms with Gasteiger partial charge in [0.05, 0.1) is 71.5 Å². The molecule has 2 unspecified atom stereocenters. The topological polar surface area (TPSA) is 215 Å². The number of halogens is 10. The van der Waals surface area contributed by atoms with E-state index in [-0.39, 0.29) is 45.5 Å². The summed E-state index contributed by atoms with van der Waals surface area (Å²) in [6, 6.07) is 10.3. The second kappa shape index (κ2) is 23.8. The number of nitrogens with one attached hydrogen (secondary N) is 3. The largest absolute Gasteiger partial charge is 0.478 e. The van der Waals surface area contributed by atoms with Crippen LogP contribution in [0, 0.1) is 0 Å². The van der Waals surface area contributed by atoms with Crippen molar-refractivity contribution in [3.63, 3.8) is 0 Å². The molecule has 2 heterocycles. The fourth-order valence-electron chi connectivity index (χ4n) is 6.33. The quantitative estimate of drug-likeness (QED) is 0.0665. The number of nitrogens with zero attached hydrogens (tertiary/aromatic N) is 1. The number of anilines is 2. The van der Waals surface area contributed by atoms with Gasteiger partial charge in [0.15, 0.2) is 0 Å². The smallest absolute Gasteiger partial charge is 0.417 e. The zero-order valence-corrected chi connectivity index (χ0v) is 40.4. The van der Waals surface area contributed by atoms with Gasteiger partial charge in [-0.25, -0.2) is 26.4 Å². The van der Waals surface area contributed by atoms with Gasteiger partial charge in [-0.2, -0.15) is 36.1 Å². The second-order valence-electron chi connectivity index (χ2n) is 14.0. The molecule has 28 heteroatoms. The number of aromatic carboxylic acids is 1. The molecule has 2 saturated heterocycles. The Morgan fingerprint density at radius 3 is 1.59 bits per heavy atom. The van der Waals surface area contributed by atoms with E-state index in [2.05, 4.69) is 14.8 Å². The molecular weight excluding hydrogens is 1060 g/mol. The Morgan fingerprint density at radius 1 is 0.721 bits per heavy atom. The number of methoxy groups -OCH3 is 2. The summed E-state index contributed by atoms with van der Waals surface area (Å²) in [4.78, 5) is 46.8. The SMILES string of the molecule is COC(=O)C1CCCN1.COC(=O)C1CCCN1C(=O)c1ccc(Cl)cc1NS(=O)(=O)c1ccc(Cl)c(C(F)(F)F)c1.O=C(O)c1ccc(Cl)cc1NS(=O)(=O)c1ccc(Cl)c(C(F)(F)F)c1.[3H]P([3H])[3H]. The number of carbonyl (C=O) groups excluding carboxylic acids is 3. The van der Waals surface area contributed by atoms with Crippen LogP contribution < -0.4 is 14.8 Å². The van der Waals surface area contributed by atoms with E-state index in [1.165, 1.54) is 37.3 Å². The van der Waals surface area contributed by atoms with Gasteiger partial charge in [0.1, 0.15) is 12.1 Å². The zero-order chi connectivity index (χ0) is 53.8. The number of amides is 1. The standard InChI is InChI=1S/C20H17Cl2F3N2O5S.C14H8Cl2F3NO4S.C6H11NO2.H3P/c1-32-19(29)17-3-2-8-27(17)18(28)13-6-4-11(21)9-16(13)26-33(30,31)12-5-7-15(22)14(10-12)20(23,24)25;15-7-1-3-9(13(21)22)12(5-7)20-25(23,24)8-2-4-11(16)10(6-8)14(17,18)19;1-9-6(8)5-3-2-4-7-5;/h4-7,9-10,17,26H,2-3,8H2,1H3;1-6,20H,(H,21,22);5,7H,2-4H2,1H3;1H3/i;;;1T3. The number of alkyl halides is 6. The minimum Gasteiger partial charge on any atom is -0.478 e. The molecule has 15 nitrogen and oxygen atoms in total. The number of benzene rings is 4. The predicted molar refractivity (Wildman–Crippen MR) is 245 cm³/mol. The molecule has 2 atom stereocenters. The number of likely N-dealkylation sites (tertiary alicyclic amines) is 1. The van der Waals surface area contributed by atoms with Crippen LogP contribution in [0.4, 0.5) is 37.7 Å². The number of carboxylic acid groups (broad SMARTS) is 1. The van der Waals surface area contributed by atoms with Crippen molar-refractivity contribution in [3.05, 3.63) is 115 Å². The molecule has 2 fully saturated rings. The highest BCUT2D eigenvalue weighted by Crippen LogP contribution is 2.38. The average Bonchev–Trinajstić information content (AvgIpc) is 3.99. The molecule has 4 N–H and O–H groups in total. The number of sulfonamides is 2. The molecule has 4 aromatic carbocycles. The van der Waals surface area contributed by atoms with E-state index in [1.54, 1.807) is 0 Å². The number of hydrogen-bond donors (Lipinski definition) is 4. The first-order valence-electron chi connectivity index (χ1n) is 20.3. The van der Waals surface area contributed by atoms with E-state index < -0.39 is 103 Å². The van der Waals surface area contributed by atoms with Crippen molar-refractivity contribution in [2.45, 2.75) is 59.9 Å². The van der Waals surface area contributed by atoms with Gasteiger partial charge in [-0.3, -0.25) is 19.0 Å². The first kappa shape index (κ1) is 52.8. The molecule has 0 bridgehead atoms. The van der Waals surface area contributed by atoms with Gasteiger partial charge in [0.25, 0.3) is 26.0 Å². The minimum absolute atomic E-state index is 0.0324. The van der Waals surface area contributed by atoms with Crippen LogP contribution in [-0.4, -0.2) is 93.9 Å². The van der Waals surface area contributed by atoms with Gasteiger partial charge in [-0.1, -0.05) is 46.4 Å². The van der Waals surface area contributed by atoms with E-state index in [1.807, 2.05) is 4.72 Å². The third-order valence-electron chi connectivity index (χ3n) is 9.55. The van der Waals surface area contributed by atoms with Crippen LogP contribution >= 0.6 is 56.1 Å². The third-order valence-corrected chi connectivity index (χ3v) is 13.4. The van der Waals surface area contributed by atoms with Crippen LogP contribution in [-0.2, 0) is 51.5 Å². The van der Waals surface area contributed by atoms with Crippen molar-refractivity contribution in [2.24, 2.45) is 0 Å². The predicted octanol–water partition coefficient (Wildman–Crippen LogP) is 9.07. The number of carboxylic acids is 1. The molecule has 0 aliphatic carbocycles. The van der Waals surface area contributed by atoms with Crippen molar-refractivity contribution in [2.75, 3.05) is 36.8 Å². The number of ether oxygens (including phenoxy) is 2. The monoisotopic (exact) mass is 1110 g/mol. The first-order chi connectivity index (χ1) is 32.8. The van der Waals surface area contributed by atoms with Gasteiger partial charge in [0, 0.05) is 16.6 Å². The van der Waals surface area contributed by atoms with Gasteiger partial charge < -0.3 is 24.8 Å². The summed E-state index contributed by atoms with van der Waals surface area (Å²) >= 11 is 22.7. The fraction of sp³-hybridized carbons (Fsp3) is 0.300. The molecule has 2 aliphatic rings. The zero-order valence-electron chi connectivity index (χ0n) is 37.8. The molecule has 1 amide bonds. The summed E-state index contributed by atoms with van der Waals surface area (Å²) < 4.78 is 160. The summed E-state index contributed by atoms with van der Waals surface area (Å²) in [5.74, 6) is -2.85. The second-order valence-corrected chi connectivity index (χ2v) is 19.1. The fourth-order valence-corrected chi connectivity index (χ4v) is 9.32. The van der Waals surface area contributed by atoms with Crippen LogP contribution in [0.15, 0.2) is 82.6 Å². The molecule has 0 radical (unpaired) electrons. The average molecular weight is 1110 g/mol. The van der Waals surface area contributed by atoms with E-state index in [0.29, 0.717) is 25.0 Å². The Morgan fingerprint density at radius 2 is 1.18 bits per heavy atom. The highest BCUT2D eigenvalue weighted by molar-refractivity contribution is 7.93. The molecule has 372 valence electrons. The molecule has 0 aromatic heterocycles. The lowest BCUT2D eigenvalue weighted by atomic mass is 10.1. The van der Waals surface area contributed by atoms with Crippen molar-refractivity contribution < 1.29 is 76.9 Å². The van der Waals surface area contributed by atoms with Crippen LogP contribution in [0.3, 0.4) is 0 Å². The third kappa shape index (κ3) is 14.9. The lowest BCUT2D eigenvalue weighted by Gasteiger charge is -2.24. The van der Waals surface area contributed by atoms with Crippen LogP contribution in [0.1, 0.15) is 57.5 Å². The maximum atomic E-state index is 13.2. The Labute approximate surface area is 412 Å². The minimum atomic E-state index is -4.88. The Balaban J connectivity index is 0.000000306. The first-order valence-corrected chi connectivity index (χ1v) is 23.4. The van der Waals surface area contributed by atoms with Gasteiger partial charge >= 0.3 is 30.3 Å². The Hall–Kier alpha value is -4.61. The summed E-state index contributed by atoms with van der Waals surface area (Å²) in [7, 11) is -8.35. The summed E-state index contributed by atoms with van der Waals surface area (Å²) in [5, 5.41) is 10.9. The van der Waals surface area contributed by atoms with E-state index in [9.17, 15) is 62.4 Å². The van der Waals surface area contributed by atoms with Crippen LogP contribution in [0.2, 0.25) is 20.1 Å². The van der Waals surface area contributed by atoms with Crippen molar-refractivity contribution in [1.29, 1.82) is 3.84 Å². The lowest BCUT2D eigenvalue weighted by Crippen LogP contribution is -2.41. The van der Waals surface area contributed by atoms with Crippen molar-refractivity contribution in [1.82, 2.24) is 10.2 Å². The summed E-state index contributed by atoms with van der Waals surface area (Å²) in [6.45, 7) is 1.18. The van der Waals surface area contributed by atoms with Crippen LogP contribution in [0.25, 0.3) is 0 Å². The van der Waals surface area contributed by atoms with E-state index in [4.69, 9.17) is 60.1 Å². The van der Waals surface area contributed by atoms with Crippen molar-refractivity contribution >= 4 is 111 Å². The van der Waals surface area contributed by atoms with Gasteiger partial charge in [-0.15, -0.1) is 0 Å². The van der Waals surface area contributed by atoms with Crippen molar-refractivity contribution in [3.8, 4) is 0 Å². The summed E-state index contributed by atoms with van der Waals surface area (Å²) in [6.07, 6.45) is -6.82. The van der Waals surface area contributed by atoms with Crippen LogP contribution in [0.5, 0.6) is 0 Å². The number of rotatable bonds is 10. The van der Waals surface area contributed by atoms with Gasteiger partial charge in [-0.05, 0) is 105 Å². The normalized spacial score (nSPS) is 16.5. The Kier molecular flexibility index (Phi) is 18.5. The lowest BCUT2D eigenvalue weighted by molar-refractivity contribution is -0.145. The molecular formula is C40H39Cl4F6N4O11PS2. The maximum absolute atomic E-state index is 13.2. The van der Waals surface area contributed by atoms with E-state index >= 15 is 0 Å².